The summed E-state index contributed by atoms with van der Waals surface area (Å²) < 4.78 is 27.0. The fourth-order valence-electron chi connectivity index (χ4n) is 3.00. The van der Waals surface area contributed by atoms with E-state index in [1.54, 1.807) is 19.1 Å². The molecule has 1 amide bonds. The second kappa shape index (κ2) is 7.63. The van der Waals surface area contributed by atoms with Crippen LogP contribution in [0.25, 0.3) is 0 Å². The molecule has 134 valence electrons. The van der Waals surface area contributed by atoms with Gasteiger partial charge in [0.05, 0.1) is 31.1 Å². The van der Waals surface area contributed by atoms with Crippen molar-refractivity contribution in [1.82, 2.24) is 4.31 Å². The molecule has 1 saturated heterocycles. The molecule has 2 atom stereocenters. The van der Waals surface area contributed by atoms with E-state index in [9.17, 15) is 13.2 Å². The number of nitrogens with zero attached hydrogens (tertiary/aromatic N) is 1. The summed E-state index contributed by atoms with van der Waals surface area (Å²) in [6, 6.07) is 6.91. The van der Waals surface area contributed by atoms with E-state index in [2.05, 4.69) is 13.8 Å². The minimum absolute atomic E-state index is 0.287. The quantitative estimate of drug-likeness (QED) is 0.752. The summed E-state index contributed by atoms with van der Waals surface area (Å²) in [7, 11) is -3.48. The van der Waals surface area contributed by atoms with Crippen LogP contribution >= 0.6 is 0 Å². The monoisotopic (exact) mass is 354 g/mol. The summed E-state index contributed by atoms with van der Waals surface area (Å²) in [5.41, 5.74) is 6.49. The molecule has 0 aromatic heterocycles. The van der Waals surface area contributed by atoms with E-state index in [-0.39, 0.29) is 11.9 Å². The van der Waals surface area contributed by atoms with Crippen LogP contribution in [0.3, 0.4) is 0 Å². The minimum atomic E-state index is -3.48. The molecular weight excluding hydrogens is 326 g/mol. The lowest BCUT2D eigenvalue weighted by Gasteiger charge is -2.33. The average Bonchev–Trinajstić information content (AvgIpc) is 2.60. The molecule has 1 aliphatic rings. The Bertz CT molecular complexity index is 665. The predicted molar refractivity (Wildman–Crippen MR) is 93.3 cm³/mol. The molecule has 1 aromatic rings. The fourth-order valence-corrected chi connectivity index (χ4v) is 4.44. The first kappa shape index (κ1) is 18.9. The molecule has 0 saturated carbocycles. The van der Waals surface area contributed by atoms with E-state index in [1.807, 2.05) is 12.1 Å². The average molecular weight is 354 g/mol. The summed E-state index contributed by atoms with van der Waals surface area (Å²) in [5.74, 6) is 0.0751. The van der Waals surface area contributed by atoms with Gasteiger partial charge in [-0.15, -0.1) is 0 Å². The number of nitrogens with one attached hydrogen (secondary N) is 1. The third-order valence-corrected chi connectivity index (χ3v) is 7.02. The number of hydrogen-bond acceptors (Lipinski definition) is 3. The molecule has 0 aliphatic carbocycles. The Kier molecular flexibility index (Phi) is 6.01. The number of quaternary nitrogens is 1. The Morgan fingerprint density at radius 3 is 2.21 bits per heavy atom. The molecule has 0 spiro atoms. The molecule has 0 unspecified atom stereocenters. The Morgan fingerprint density at radius 2 is 1.75 bits per heavy atom. The molecular formula is C17H28N3O3S+. The lowest BCUT2D eigenvalue weighted by molar-refractivity contribution is -0.917. The van der Waals surface area contributed by atoms with E-state index in [4.69, 9.17) is 5.73 Å². The number of carbonyl (C=O) groups is 1. The third-order valence-electron chi connectivity index (χ3n) is 5.10. The van der Waals surface area contributed by atoms with Crippen LogP contribution < -0.4 is 10.6 Å². The van der Waals surface area contributed by atoms with E-state index in [0.29, 0.717) is 37.0 Å². The molecule has 0 bridgehead atoms. The van der Waals surface area contributed by atoms with Gasteiger partial charge in [0.25, 0.3) is 5.91 Å². The highest BCUT2D eigenvalue weighted by Crippen LogP contribution is 2.22. The number of piperazine rings is 1. The lowest BCUT2D eigenvalue weighted by Crippen LogP contribution is -3.19. The lowest BCUT2D eigenvalue weighted by atomic mass is 9.99. The molecule has 1 fully saturated rings. The summed E-state index contributed by atoms with van der Waals surface area (Å²) in [6.07, 6.45) is 1.02. The summed E-state index contributed by atoms with van der Waals surface area (Å²) in [5, 5.41) is 0. The molecule has 24 heavy (non-hydrogen) atoms. The number of hydrogen-bond donors (Lipinski definition) is 2. The highest BCUT2D eigenvalue weighted by Gasteiger charge is 2.33. The minimum Gasteiger partial charge on any atom is -0.365 e. The van der Waals surface area contributed by atoms with Crippen molar-refractivity contribution in [3.8, 4) is 0 Å². The molecule has 1 heterocycles. The first-order chi connectivity index (χ1) is 11.3. The SMILES string of the molecule is CC[C@@H](C)c1ccc(S(=O)(=O)N2CC[NH+]([C@H](C)C(N)=O)CC2)cc1. The van der Waals surface area contributed by atoms with Crippen LogP contribution in [0.2, 0.25) is 0 Å². The van der Waals surface area contributed by atoms with E-state index in [1.165, 1.54) is 4.31 Å². The Morgan fingerprint density at radius 1 is 1.21 bits per heavy atom. The first-order valence-electron chi connectivity index (χ1n) is 8.51. The maximum atomic E-state index is 12.8. The van der Waals surface area contributed by atoms with Gasteiger partial charge in [-0.2, -0.15) is 4.31 Å². The number of rotatable bonds is 6. The highest BCUT2D eigenvalue weighted by molar-refractivity contribution is 7.89. The largest absolute Gasteiger partial charge is 0.365 e. The third kappa shape index (κ3) is 3.96. The number of primary amides is 1. The van der Waals surface area contributed by atoms with Gasteiger partial charge >= 0.3 is 0 Å². The van der Waals surface area contributed by atoms with Crippen molar-refractivity contribution in [1.29, 1.82) is 0 Å². The first-order valence-corrected chi connectivity index (χ1v) is 9.95. The second-order valence-corrected chi connectivity index (χ2v) is 8.50. The van der Waals surface area contributed by atoms with Gasteiger partial charge in [-0.25, -0.2) is 8.42 Å². The van der Waals surface area contributed by atoms with Crippen molar-refractivity contribution in [2.24, 2.45) is 5.73 Å². The number of amides is 1. The maximum absolute atomic E-state index is 12.8. The zero-order chi connectivity index (χ0) is 17.9. The van der Waals surface area contributed by atoms with Crippen molar-refractivity contribution in [3.05, 3.63) is 29.8 Å². The van der Waals surface area contributed by atoms with Gasteiger partial charge in [0.1, 0.15) is 0 Å². The van der Waals surface area contributed by atoms with Crippen LogP contribution in [0.5, 0.6) is 0 Å². The molecule has 1 aromatic carbocycles. The number of sulfonamides is 1. The van der Waals surface area contributed by atoms with Crippen LogP contribution in [0.4, 0.5) is 0 Å². The molecule has 1 aliphatic heterocycles. The number of benzene rings is 1. The topological polar surface area (TPSA) is 84.9 Å². The van der Waals surface area contributed by atoms with E-state index in [0.717, 1.165) is 16.9 Å². The normalized spacial score (nSPS) is 19.8. The van der Waals surface area contributed by atoms with E-state index >= 15 is 0 Å². The number of carbonyl (C=O) groups excluding carboxylic acids is 1. The van der Waals surface area contributed by atoms with Gasteiger partial charge in [0, 0.05) is 0 Å². The van der Waals surface area contributed by atoms with Crippen molar-refractivity contribution in [2.45, 2.75) is 44.0 Å². The standard InChI is InChI=1S/C17H27N3O3S/c1-4-13(2)15-5-7-16(8-6-15)24(22,23)20-11-9-19(10-12-20)14(3)17(18)21/h5-8,13-14H,4,9-12H2,1-3H3,(H2,18,21)/p+1/t13-,14-/m1/s1. The van der Waals surface area contributed by atoms with Crippen molar-refractivity contribution < 1.29 is 18.1 Å². The smallest absolute Gasteiger partial charge is 0.275 e. The molecule has 2 rings (SSSR count). The highest BCUT2D eigenvalue weighted by atomic mass is 32.2. The van der Waals surface area contributed by atoms with Gasteiger partial charge < -0.3 is 10.6 Å². The van der Waals surface area contributed by atoms with Crippen molar-refractivity contribution in [2.75, 3.05) is 26.2 Å². The molecule has 0 radical (unpaired) electrons. The van der Waals surface area contributed by atoms with Gasteiger partial charge in [0.2, 0.25) is 10.0 Å². The summed E-state index contributed by atoms with van der Waals surface area (Å²) >= 11 is 0. The summed E-state index contributed by atoms with van der Waals surface area (Å²) in [6.45, 7) is 8.03. The fraction of sp³-hybridized carbons (Fsp3) is 0.588. The number of nitrogens with two attached hydrogens (primary N) is 1. The maximum Gasteiger partial charge on any atom is 0.275 e. The Labute approximate surface area is 144 Å². The molecule has 6 nitrogen and oxygen atoms in total. The predicted octanol–water partition coefficient (Wildman–Crippen LogP) is -0.0369. The van der Waals surface area contributed by atoms with Gasteiger partial charge in [-0.05, 0) is 37.0 Å². The Balaban J connectivity index is 2.08. The zero-order valence-electron chi connectivity index (χ0n) is 14.7. The molecule has 7 heteroatoms. The van der Waals surface area contributed by atoms with Crippen LogP contribution in [0.1, 0.15) is 38.7 Å². The second-order valence-electron chi connectivity index (χ2n) is 6.56. The zero-order valence-corrected chi connectivity index (χ0v) is 15.5. The molecule has 3 N–H and O–H groups in total. The van der Waals surface area contributed by atoms with Gasteiger partial charge in [-0.1, -0.05) is 26.0 Å². The van der Waals surface area contributed by atoms with Crippen LogP contribution in [0, 0.1) is 0 Å². The van der Waals surface area contributed by atoms with Crippen molar-refractivity contribution in [3.63, 3.8) is 0 Å². The van der Waals surface area contributed by atoms with E-state index < -0.39 is 10.0 Å². The Hall–Kier alpha value is -1.44. The van der Waals surface area contributed by atoms with Crippen molar-refractivity contribution >= 4 is 15.9 Å². The van der Waals surface area contributed by atoms with Crippen LogP contribution in [-0.4, -0.2) is 50.9 Å². The van der Waals surface area contributed by atoms with Gasteiger partial charge in [-0.3, -0.25) is 4.79 Å². The van der Waals surface area contributed by atoms with Crippen LogP contribution in [0.15, 0.2) is 29.2 Å². The van der Waals surface area contributed by atoms with Crippen LogP contribution in [-0.2, 0) is 14.8 Å². The van der Waals surface area contributed by atoms with Gasteiger partial charge in [0.15, 0.2) is 6.04 Å². The summed E-state index contributed by atoms with van der Waals surface area (Å²) in [4.78, 5) is 12.7.